The summed E-state index contributed by atoms with van der Waals surface area (Å²) >= 11 is 0. The van der Waals surface area contributed by atoms with Crippen LogP contribution in [-0.4, -0.2) is 22.3 Å². The summed E-state index contributed by atoms with van der Waals surface area (Å²) in [7, 11) is 0. The first-order chi connectivity index (χ1) is 8.59. The van der Waals surface area contributed by atoms with Crippen LogP contribution in [0.3, 0.4) is 0 Å². The minimum atomic E-state index is -0.473. The van der Waals surface area contributed by atoms with Gasteiger partial charge in [0.25, 0.3) is 5.69 Å². The van der Waals surface area contributed by atoms with E-state index in [4.69, 9.17) is 4.74 Å². The normalized spacial score (nSPS) is 10.3. The lowest BCUT2D eigenvalue weighted by molar-refractivity contribution is -0.383. The van der Waals surface area contributed by atoms with Crippen molar-refractivity contribution >= 4 is 22.4 Å². The number of hydrogen-bond acceptors (Lipinski definition) is 5. The molecule has 0 amide bonds. The molecule has 0 saturated heterocycles. The maximum absolute atomic E-state index is 10.9. The molecule has 0 radical (unpaired) electrons. The predicted octanol–water partition coefficient (Wildman–Crippen LogP) is 2.11. The van der Waals surface area contributed by atoms with Crippen LogP contribution in [0, 0.1) is 10.1 Å². The lowest BCUT2D eigenvalue weighted by atomic mass is 10.1. The number of aromatic nitrogens is 1. The van der Waals surface area contributed by atoms with Gasteiger partial charge in [-0.1, -0.05) is 0 Å². The molecule has 0 saturated carbocycles. The predicted molar refractivity (Wildman–Crippen MR) is 64.6 cm³/mol. The summed E-state index contributed by atoms with van der Waals surface area (Å²) in [4.78, 5) is 25.3. The van der Waals surface area contributed by atoms with Crippen molar-refractivity contribution in [3.05, 3.63) is 40.6 Å². The van der Waals surface area contributed by atoms with Crippen LogP contribution in [0.25, 0.3) is 10.9 Å². The number of Topliss-reactive ketones (excluding diaryl/α,β-unsaturated/α-hetero) is 1. The van der Waals surface area contributed by atoms with Crippen molar-refractivity contribution in [2.75, 3.05) is 6.61 Å². The SMILES string of the molecule is CC(=O)COc1ccc([N+](=O)[O-])c2cccnc12. The number of nitro groups is 1. The van der Waals surface area contributed by atoms with E-state index in [9.17, 15) is 14.9 Å². The van der Waals surface area contributed by atoms with Crippen molar-refractivity contribution in [2.24, 2.45) is 0 Å². The maximum atomic E-state index is 10.9. The largest absolute Gasteiger partial charge is 0.484 e. The zero-order valence-electron chi connectivity index (χ0n) is 9.62. The summed E-state index contributed by atoms with van der Waals surface area (Å²) < 4.78 is 5.28. The van der Waals surface area contributed by atoms with Crippen molar-refractivity contribution < 1.29 is 14.5 Å². The summed E-state index contributed by atoms with van der Waals surface area (Å²) in [6.45, 7) is 1.32. The third-order valence-corrected chi connectivity index (χ3v) is 2.34. The summed E-state index contributed by atoms with van der Waals surface area (Å²) in [5.41, 5.74) is 0.348. The van der Waals surface area contributed by atoms with Gasteiger partial charge < -0.3 is 4.74 Å². The molecule has 6 nitrogen and oxygen atoms in total. The molecule has 0 bridgehead atoms. The third kappa shape index (κ3) is 2.27. The van der Waals surface area contributed by atoms with Gasteiger partial charge in [0.05, 0.1) is 10.3 Å². The lowest BCUT2D eigenvalue weighted by Gasteiger charge is -2.07. The Bertz CT molecular complexity index is 625. The van der Waals surface area contributed by atoms with Crippen LogP contribution >= 0.6 is 0 Å². The molecule has 1 heterocycles. The minimum absolute atomic E-state index is 0.0340. The molecule has 92 valence electrons. The molecule has 0 fully saturated rings. The standard InChI is InChI=1S/C12H10N2O4/c1-8(15)7-18-11-5-4-10(14(16)17)9-3-2-6-13-12(9)11/h2-6H,7H2,1H3. The molecule has 2 aromatic rings. The molecule has 0 unspecified atom stereocenters. The molecular weight excluding hydrogens is 236 g/mol. The van der Waals surface area contributed by atoms with E-state index in [0.29, 0.717) is 16.7 Å². The van der Waals surface area contributed by atoms with Gasteiger partial charge in [0.2, 0.25) is 0 Å². The number of pyridine rings is 1. The van der Waals surface area contributed by atoms with Crippen molar-refractivity contribution in [3.8, 4) is 5.75 Å². The highest BCUT2D eigenvalue weighted by atomic mass is 16.6. The van der Waals surface area contributed by atoms with Gasteiger partial charge in [0.1, 0.15) is 17.9 Å². The quantitative estimate of drug-likeness (QED) is 0.609. The number of nitro benzene ring substituents is 1. The van der Waals surface area contributed by atoms with E-state index in [-0.39, 0.29) is 18.1 Å². The smallest absolute Gasteiger partial charge is 0.279 e. The second-order valence-electron chi connectivity index (χ2n) is 3.73. The molecule has 1 aromatic heterocycles. The van der Waals surface area contributed by atoms with E-state index in [1.54, 1.807) is 12.1 Å². The lowest BCUT2D eigenvalue weighted by Crippen LogP contribution is -2.07. The van der Waals surface area contributed by atoms with E-state index in [0.717, 1.165) is 0 Å². The van der Waals surface area contributed by atoms with E-state index < -0.39 is 4.92 Å². The van der Waals surface area contributed by atoms with E-state index >= 15 is 0 Å². The van der Waals surface area contributed by atoms with Crippen LogP contribution in [0.15, 0.2) is 30.5 Å². The van der Waals surface area contributed by atoms with Crippen LogP contribution in [0.1, 0.15) is 6.92 Å². The number of rotatable bonds is 4. The first-order valence-electron chi connectivity index (χ1n) is 5.24. The number of ether oxygens (including phenoxy) is 1. The number of carbonyl (C=O) groups is 1. The molecule has 6 heteroatoms. The highest BCUT2D eigenvalue weighted by Gasteiger charge is 2.15. The molecule has 2 rings (SSSR count). The van der Waals surface area contributed by atoms with Crippen molar-refractivity contribution in [1.29, 1.82) is 0 Å². The Labute approximate surface area is 102 Å². The maximum Gasteiger partial charge on any atom is 0.279 e. The molecular formula is C12H10N2O4. The third-order valence-electron chi connectivity index (χ3n) is 2.34. The second kappa shape index (κ2) is 4.79. The van der Waals surface area contributed by atoms with Gasteiger partial charge in [0, 0.05) is 12.3 Å². The Morgan fingerprint density at radius 1 is 1.44 bits per heavy atom. The first-order valence-corrected chi connectivity index (χ1v) is 5.24. The Kier molecular flexibility index (Phi) is 3.18. The molecule has 0 N–H and O–H groups in total. The van der Waals surface area contributed by atoms with Crippen molar-refractivity contribution in [2.45, 2.75) is 6.92 Å². The number of non-ortho nitro benzene ring substituents is 1. The molecule has 1 aromatic carbocycles. The average molecular weight is 246 g/mol. The summed E-state index contributed by atoms with van der Waals surface area (Å²) in [6.07, 6.45) is 1.52. The highest BCUT2D eigenvalue weighted by molar-refractivity contribution is 5.92. The van der Waals surface area contributed by atoms with Crippen LogP contribution in [0.5, 0.6) is 5.75 Å². The summed E-state index contributed by atoms with van der Waals surface area (Å²) in [5, 5.41) is 11.3. The fourth-order valence-corrected chi connectivity index (χ4v) is 1.59. The number of benzene rings is 1. The van der Waals surface area contributed by atoms with E-state index in [2.05, 4.69) is 4.98 Å². The molecule has 18 heavy (non-hydrogen) atoms. The van der Waals surface area contributed by atoms with Crippen LogP contribution in [-0.2, 0) is 4.79 Å². The van der Waals surface area contributed by atoms with Gasteiger partial charge in [-0.05, 0) is 25.1 Å². The van der Waals surface area contributed by atoms with Gasteiger partial charge in [0.15, 0.2) is 5.78 Å². The van der Waals surface area contributed by atoms with Crippen LogP contribution < -0.4 is 4.74 Å². The number of hydrogen-bond donors (Lipinski definition) is 0. The fourth-order valence-electron chi connectivity index (χ4n) is 1.59. The number of ketones is 1. The van der Waals surface area contributed by atoms with E-state index in [1.807, 2.05) is 0 Å². The van der Waals surface area contributed by atoms with E-state index in [1.165, 1.54) is 25.3 Å². The zero-order chi connectivity index (χ0) is 13.1. The number of carbonyl (C=O) groups excluding carboxylic acids is 1. The Hall–Kier alpha value is -2.50. The van der Waals surface area contributed by atoms with Crippen LogP contribution in [0.4, 0.5) is 5.69 Å². The van der Waals surface area contributed by atoms with Gasteiger partial charge in [-0.15, -0.1) is 0 Å². The molecule has 0 aliphatic heterocycles. The van der Waals surface area contributed by atoms with Crippen molar-refractivity contribution in [1.82, 2.24) is 4.98 Å². The minimum Gasteiger partial charge on any atom is -0.484 e. The summed E-state index contributed by atoms with van der Waals surface area (Å²) in [6, 6.07) is 6.01. The zero-order valence-corrected chi connectivity index (χ0v) is 9.62. The molecule has 0 spiro atoms. The van der Waals surface area contributed by atoms with Gasteiger partial charge in [-0.25, -0.2) is 0 Å². The van der Waals surface area contributed by atoms with Gasteiger partial charge >= 0.3 is 0 Å². The second-order valence-corrected chi connectivity index (χ2v) is 3.73. The molecule has 0 atom stereocenters. The average Bonchev–Trinajstić information content (AvgIpc) is 2.35. The number of nitrogens with zero attached hydrogens (tertiary/aromatic N) is 2. The highest BCUT2D eigenvalue weighted by Crippen LogP contribution is 2.31. The van der Waals surface area contributed by atoms with Gasteiger partial charge in [-0.3, -0.25) is 19.9 Å². The van der Waals surface area contributed by atoms with Gasteiger partial charge in [-0.2, -0.15) is 0 Å². The monoisotopic (exact) mass is 246 g/mol. The Balaban J connectivity index is 2.53. The number of fused-ring (bicyclic) bond motifs is 1. The molecule has 0 aliphatic rings. The van der Waals surface area contributed by atoms with Crippen LogP contribution in [0.2, 0.25) is 0 Å². The van der Waals surface area contributed by atoms with Crippen molar-refractivity contribution in [3.63, 3.8) is 0 Å². The topological polar surface area (TPSA) is 82.3 Å². The Morgan fingerprint density at radius 3 is 2.89 bits per heavy atom. The molecule has 0 aliphatic carbocycles. The first kappa shape index (κ1) is 12.0. The Morgan fingerprint density at radius 2 is 2.22 bits per heavy atom. The fraction of sp³-hybridized carbons (Fsp3) is 0.167. The summed E-state index contributed by atoms with van der Waals surface area (Å²) in [5.74, 6) is 0.240.